The molecule has 2 spiro atoms. The third-order valence-corrected chi connectivity index (χ3v) is 9.32. The first kappa shape index (κ1) is 25.9. The topological polar surface area (TPSA) is 91.2 Å². The number of rotatable bonds is 2. The fourth-order valence-electron chi connectivity index (χ4n) is 7.55. The Kier molecular flexibility index (Phi) is 5.48. The van der Waals surface area contributed by atoms with Crippen LogP contribution in [0.2, 0.25) is 5.15 Å². The van der Waals surface area contributed by atoms with Crippen LogP contribution in [0.15, 0.2) is 12.5 Å². The van der Waals surface area contributed by atoms with Gasteiger partial charge in [-0.15, -0.1) is 0 Å². The molecule has 1 saturated carbocycles. The van der Waals surface area contributed by atoms with Crippen LogP contribution >= 0.6 is 11.6 Å². The first-order valence-corrected chi connectivity index (χ1v) is 14.2. The first-order valence-electron chi connectivity index (χ1n) is 13.8. The monoisotopic (exact) mass is 563 g/mol. The second-order valence-corrected chi connectivity index (χ2v) is 13.4. The minimum absolute atomic E-state index is 0.0148. The lowest BCUT2D eigenvalue weighted by atomic mass is 9.84. The Morgan fingerprint density at radius 2 is 1.90 bits per heavy atom. The van der Waals surface area contributed by atoms with Crippen molar-refractivity contribution in [1.82, 2.24) is 24.3 Å². The van der Waals surface area contributed by atoms with E-state index >= 15 is 0 Å². The Hall–Kier alpha value is -2.05. The van der Waals surface area contributed by atoms with Crippen LogP contribution in [0.4, 0.5) is 9.18 Å². The molecular formula is C27H35ClFN5O5. The van der Waals surface area contributed by atoms with Crippen LogP contribution in [0.1, 0.15) is 66.5 Å². The predicted octanol–water partition coefficient (Wildman–Crippen LogP) is 4.26. The Morgan fingerprint density at radius 3 is 2.62 bits per heavy atom. The SMILES string of the molecule is CC(C)(C)OC(=O)N1CCC2(CCCN2C2[C@H]3O[C@@H](n4cc(F)c5c(Cl)ncnc54)[C@@H]4OC(C)(C)O[C@]234)CC1. The summed E-state index contributed by atoms with van der Waals surface area (Å²) < 4.78 is 41.9. The molecule has 5 aliphatic rings. The molecule has 1 unspecified atom stereocenters. The lowest BCUT2D eigenvalue weighted by Crippen LogP contribution is -2.56. The number of carbonyl (C=O) groups is 1. The number of aromatic nitrogens is 3. The van der Waals surface area contributed by atoms with Gasteiger partial charge in [-0.05, 0) is 66.8 Å². The largest absolute Gasteiger partial charge is 0.444 e. The third kappa shape index (κ3) is 3.76. The highest BCUT2D eigenvalue weighted by atomic mass is 35.5. The van der Waals surface area contributed by atoms with Crippen LogP contribution in [0.3, 0.4) is 0 Å². The number of piperidine rings is 1. The maximum atomic E-state index is 14.9. The summed E-state index contributed by atoms with van der Waals surface area (Å²) in [5.74, 6) is -1.32. The molecule has 0 aromatic carbocycles. The van der Waals surface area contributed by atoms with E-state index in [0.29, 0.717) is 18.7 Å². The molecule has 7 rings (SSSR count). The molecule has 1 aliphatic carbocycles. The smallest absolute Gasteiger partial charge is 0.410 e. The summed E-state index contributed by atoms with van der Waals surface area (Å²) in [7, 11) is 0. The molecule has 5 atom stereocenters. The number of fused-ring (bicyclic) bond motifs is 1. The van der Waals surface area contributed by atoms with Crippen molar-refractivity contribution in [2.24, 2.45) is 0 Å². The van der Waals surface area contributed by atoms with E-state index in [1.807, 2.05) is 39.5 Å². The molecule has 2 aromatic heterocycles. The van der Waals surface area contributed by atoms with Crippen LogP contribution in [-0.2, 0) is 18.9 Å². The summed E-state index contributed by atoms with van der Waals surface area (Å²) >= 11 is 6.19. The molecule has 6 heterocycles. The second-order valence-electron chi connectivity index (χ2n) is 13.0. The highest BCUT2D eigenvalue weighted by molar-refractivity contribution is 6.34. The number of amides is 1. The molecule has 4 saturated heterocycles. The highest BCUT2D eigenvalue weighted by Crippen LogP contribution is 2.67. The second kappa shape index (κ2) is 8.25. The van der Waals surface area contributed by atoms with Gasteiger partial charge in [0.2, 0.25) is 0 Å². The normalized spacial score (nSPS) is 35.0. The highest BCUT2D eigenvalue weighted by Gasteiger charge is 2.85. The summed E-state index contributed by atoms with van der Waals surface area (Å²) in [6.45, 7) is 11.7. The molecule has 5 fully saturated rings. The minimum Gasteiger partial charge on any atom is -0.444 e. The zero-order valence-electron chi connectivity index (χ0n) is 22.9. The number of ether oxygens (including phenoxy) is 4. The number of halogens is 2. The fourth-order valence-corrected chi connectivity index (χ4v) is 7.77. The number of likely N-dealkylation sites (tertiary alicyclic amines) is 2. The van der Waals surface area contributed by atoms with E-state index in [4.69, 9.17) is 30.5 Å². The molecule has 4 aliphatic heterocycles. The lowest BCUT2D eigenvalue weighted by Gasteiger charge is -2.46. The summed E-state index contributed by atoms with van der Waals surface area (Å²) in [5.41, 5.74) is -0.852. The molecule has 1 amide bonds. The third-order valence-electron chi connectivity index (χ3n) is 9.03. The van der Waals surface area contributed by atoms with Crippen molar-refractivity contribution in [1.29, 1.82) is 0 Å². The van der Waals surface area contributed by atoms with Crippen molar-refractivity contribution in [3.8, 4) is 0 Å². The van der Waals surface area contributed by atoms with Gasteiger partial charge in [-0.3, -0.25) is 4.90 Å². The van der Waals surface area contributed by atoms with Gasteiger partial charge >= 0.3 is 6.09 Å². The van der Waals surface area contributed by atoms with Gasteiger partial charge in [-0.25, -0.2) is 19.2 Å². The maximum absolute atomic E-state index is 14.9. The van der Waals surface area contributed by atoms with E-state index in [-0.39, 0.29) is 34.3 Å². The van der Waals surface area contributed by atoms with Gasteiger partial charge in [0.15, 0.2) is 17.8 Å². The van der Waals surface area contributed by atoms with Crippen molar-refractivity contribution in [2.45, 2.75) is 107 Å². The van der Waals surface area contributed by atoms with Crippen molar-refractivity contribution >= 4 is 28.7 Å². The first-order chi connectivity index (χ1) is 18.4. The zero-order chi connectivity index (χ0) is 27.5. The Balaban J connectivity index is 1.15. The molecule has 0 bridgehead atoms. The van der Waals surface area contributed by atoms with E-state index in [0.717, 1.165) is 32.2 Å². The van der Waals surface area contributed by atoms with Crippen molar-refractivity contribution in [3.05, 3.63) is 23.5 Å². The molecular weight excluding hydrogens is 529 g/mol. The number of hydrogen-bond acceptors (Lipinski definition) is 8. The van der Waals surface area contributed by atoms with Gasteiger partial charge in [0.1, 0.15) is 40.5 Å². The van der Waals surface area contributed by atoms with Gasteiger partial charge in [0.25, 0.3) is 0 Å². The summed E-state index contributed by atoms with van der Waals surface area (Å²) in [5, 5.41) is 0.231. The van der Waals surface area contributed by atoms with Crippen molar-refractivity contribution in [3.63, 3.8) is 0 Å². The fraction of sp³-hybridized carbons (Fsp3) is 0.741. The van der Waals surface area contributed by atoms with Gasteiger partial charge in [0, 0.05) is 24.8 Å². The molecule has 0 radical (unpaired) electrons. The van der Waals surface area contributed by atoms with Gasteiger partial charge in [0.05, 0.1) is 11.4 Å². The van der Waals surface area contributed by atoms with Crippen LogP contribution in [0, 0.1) is 5.82 Å². The van der Waals surface area contributed by atoms with Crippen LogP contribution in [0.25, 0.3) is 11.0 Å². The van der Waals surface area contributed by atoms with Crippen molar-refractivity contribution < 1.29 is 28.1 Å². The Labute approximate surface area is 231 Å². The Morgan fingerprint density at radius 1 is 1.15 bits per heavy atom. The van der Waals surface area contributed by atoms with Crippen LogP contribution in [0.5, 0.6) is 0 Å². The van der Waals surface area contributed by atoms with Crippen LogP contribution < -0.4 is 0 Å². The number of hydrogen-bond donors (Lipinski definition) is 0. The molecule has 10 nitrogen and oxygen atoms in total. The predicted molar refractivity (Wildman–Crippen MR) is 139 cm³/mol. The molecule has 12 heteroatoms. The van der Waals surface area contributed by atoms with E-state index in [1.54, 1.807) is 4.57 Å². The number of carbonyl (C=O) groups excluding carboxylic acids is 1. The van der Waals surface area contributed by atoms with Crippen molar-refractivity contribution in [2.75, 3.05) is 19.6 Å². The van der Waals surface area contributed by atoms with E-state index < -0.39 is 35.1 Å². The zero-order valence-corrected chi connectivity index (χ0v) is 23.7. The van der Waals surface area contributed by atoms with E-state index in [1.165, 1.54) is 12.5 Å². The maximum Gasteiger partial charge on any atom is 0.410 e. The summed E-state index contributed by atoms with van der Waals surface area (Å²) in [4.78, 5) is 25.3. The molecule has 39 heavy (non-hydrogen) atoms. The van der Waals surface area contributed by atoms with Crippen LogP contribution in [-0.4, -0.2) is 90.8 Å². The molecule has 212 valence electrons. The van der Waals surface area contributed by atoms with E-state index in [2.05, 4.69) is 14.9 Å². The molecule has 0 N–H and O–H groups in total. The average molecular weight is 564 g/mol. The van der Waals surface area contributed by atoms with Gasteiger partial charge < -0.3 is 28.4 Å². The lowest BCUT2D eigenvalue weighted by molar-refractivity contribution is -0.183. The number of nitrogens with zero attached hydrogens (tertiary/aromatic N) is 5. The average Bonchev–Trinajstić information content (AvgIpc) is 3.23. The quantitative estimate of drug-likeness (QED) is 0.501. The van der Waals surface area contributed by atoms with E-state index in [9.17, 15) is 9.18 Å². The minimum atomic E-state index is -0.819. The Bertz CT molecular complexity index is 1340. The van der Waals surface area contributed by atoms with Gasteiger partial charge in [-0.1, -0.05) is 11.6 Å². The summed E-state index contributed by atoms with van der Waals surface area (Å²) in [6.07, 6.45) is 5.02. The summed E-state index contributed by atoms with van der Waals surface area (Å²) in [6, 6.07) is 0.0148. The molecule has 2 aromatic rings. The van der Waals surface area contributed by atoms with Gasteiger partial charge in [-0.2, -0.15) is 0 Å². The standard InChI is InChI=1S/C27H35ClFN5O5/c1-24(2,3)38-23(35)32-11-8-26(9-12-32)7-6-10-34(26)17-18-27(17)19(37-25(4,5)39-27)22(36-18)33-13-15(29)16-20(28)30-14-31-21(16)33/h13-14,17-19,22H,6-12H2,1-5H3/t17?,18-,19+,22-,27-/m1/s1.